The van der Waals surface area contributed by atoms with Crippen LogP contribution in [0.25, 0.3) is 0 Å². The maximum Gasteiger partial charge on any atom is 0.227 e. The van der Waals surface area contributed by atoms with E-state index in [4.69, 9.17) is 0 Å². The number of carbonyl (C=O) groups excluding carboxylic acids is 1. The number of benzene rings is 1. The Morgan fingerprint density at radius 2 is 1.79 bits per heavy atom. The molecule has 2 rings (SSSR count). The van der Waals surface area contributed by atoms with Crippen LogP contribution in [0.15, 0.2) is 16.6 Å². The van der Waals surface area contributed by atoms with Crippen molar-refractivity contribution in [2.24, 2.45) is 5.92 Å². The van der Waals surface area contributed by atoms with Gasteiger partial charge in [0.1, 0.15) is 0 Å². The molecule has 1 aliphatic rings. The minimum absolute atomic E-state index is 0.189. The van der Waals surface area contributed by atoms with Crippen molar-refractivity contribution >= 4 is 27.5 Å². The summed E-state index contributed by atoms with van der Waals surface area (Å²) in [7, 11) is 0. The number of nitrogens with one attached hydrogen (secondary N) is 1. The van der Waals surface area contributed by atoms with E-state index in [1.165, 1.54) is 31.2 Å². The SMILES string of the molecule is Cc1cc(C)c(NC(=O)C2CCCCCC2)c(Br)c1. The van der Waals surface area contributed by atoms with Gasteiger partial charge in [0.2, 0.25) is 5.91 Å². The average molecular weight is 324 g/mol. The Morgan fingerprint density at radius 1 is 1.16 bits per heavy atom. The number of halogens is 1. The minimum atomic E-state index is 0.189. The lowest BCUT2D eigenvalue weighted by Gasteiger charge is -2.17. The lowest BCUT2D eigenvalue weighted by molar-refractivity contribution is -0.120. The first-order valence-corrected chi connectivity index (χ1v) is 7.95. The molecule has 0 bridgehead atoms. The number of carbonyl (C=O) groups is 1. The summed E-state index contributed by atoms with van der Waals surface area (Å²) in [6.45, 7) is 4.11. The molecule has 0 spiro atoms. The fourth-order valence-corrected chi connectivity index (χ4v) is 3.61. The molecule has 1 aromatic rings. The van der Waals surface area contributed by atoms with E-state index in [1.807, 2.05) is 6.92 Å². The molecule has 3 heteroatoms. The number of anilines is 1. The summed E-state index contributed by atoms with van der Waals surface area (Å²) in [5.41, 5.74) is 3.26. The number of aryl methyl sites for hydroxylation is 2. The van der Waals surface area contributed by atoms with Crippen molar-refractivity contribution in [2.45, 2.75) is 52.4 Å². The van der Waals surface area contributed by atoms with Gasteiger partial charge in [-0.3, -0.25) is 4.79 Å². The molecule has 0 unspecified atom stereocenters. The van der Waals surface area contributed by atoms with Crippen LogP contribution < -0.4 is 5.32 Å². The second-order valence-electron chi connectivity index (χ2n) is 5.62. The van der Waals surface area contributed by atoms with Crippen molar-refractivity contribution in [2.75, 3.05) is 5.32 Å². The summed E-state index contributed by atoms with van der Waals surface area (Å²) in [6, 6.07) is 4.16. The van der Waals surface area contributed by atoms with E-state index in [0.717, 1.165) is 28.6 Å². The topological polar surface area (TPSA) is 29.1 Å². The van der Waals surface area contributed by atoms with Gasteiger partial charge in [0.25, 0.3) is 0 Å². The molecule has 19 heavy (non-hydrogen) atoms. The van der Waals surface area contributed by atoms with Crippen LogP contribution in [-0.2, 0) is 4.79 Å². The summed E-state index contributed by atoms with van der Waals surface area (Å²) in [5.74, 6) is 0.379. The molecule has 1 N–H and O–H groups in total. The van der Waals surface area contributed by atoms with Crippen LogP contribution in [0.3, 0.4) is 0 Å². The van der Waals surface area contributed by atoms with Gasteiger partial charge in [0.05, 0.1) is 5.69 Å². The zero-order valence-electron chi connectivity index (χ0n) is 11.8. The summed E-state index contributed by atoms with van der Waals surface area (Å²) < 4.78 is 0.979. The molecule has 1 amide bonds. The predicted molar refractivity (Wildman–Crippen MR) is 83.4 cm³/mol. The highest BCUT2D eigenvalue weighted by atomic mass is 79.9. The van der Waals surface area contributed by atoms with Crippen LogP contribution in [-0.4, -0.2) is 5.91 Å². The van der Waals surface area contributed by atoms with Crippen LogP contribution in [0.2, 0.25) is 0 Å². The third-order valence-corrected chi connectivity index (χ3v) is 4.53. The molecule has 0 aliphatic heterocycles. The van der Waals surface area contributed by atoms with Crippen LogP contribution >= 0.6 is 15.9 Å². The lowest BCUT2D eigenvalue weighted by atomic mass is 9.99. The summed E-state index contributed by atoms with van der Waals surface area (Å²) >= 11 is 3.55. The molecular formula is C16H22BrNO. The van der Waals surface area contributed by atoms with Gasteiger partial charge in [-0.05, 0) is 59.8 Å². The third-order valence-electron chi connectivity index (χ3n) is 3.91. The first-order valence-electron chi connectivity index (χ1n) is 7.15. The molecule has 0 saturated heterocycles. The van der Waals surface area contributed by atoms with Crippen LogP contribution in [0.4, 0.5) is 5.69 Å². The number of hydrogen-bond donors (Lipinski definition) is 1. The molecule has 0 atom stereocenters. The van der Waals surface area contributed by atoms with Crippen molar-refractivity contribution in [3.8, 4) is 0 Å². The van der Waals surface area contributed by atoms with Crippen LogP contribution in [0, 0.1) is 19.8 Å². The Hall–Kier alpha value is -0.830. The quantitative estimate of drug-likeness (QED) is 0.764. The fraction of sp³-hybridized carbons (Fsp3) is 0.562. The average Bonchev–Trinajstić information content (AvgIpc) is 2.62. The molecule has 1 saturated carbocycles. The zero-order chi connectivity index (χ0) is 13.8. The Kier molecular flexibility index (Phi) is 5.03. The zero-order valence-corrected chi connectivity index (χ0v) is 13.3. The lowest BCUT2D eigenvalue weighted by Crippen LogP contribution is -2.23. The monoisotopic (exact) mass is 323 g/mol. The van der Waals surface area contributed by atoms with Gasteiger partial charge in [0, 0.05) is 10.4 Å². The maximum atomic E-state index is 12.4. The van der Waals surface area contributed by atoms with Crippen molar-refractivity contribution in [3.05, 3.63) is 27.7 Å². The van der Waals surface area contributed by atoms with Crippen LogP contribution in [0.5, 0.6) is 0 Å². The van der Waals surface area contributed by atoms with Gasteiger partial charge in [0.15, 0.2) is 0 Å². The highest BCUT2D eigenvalue weighted by Crippen LogP contribution is 2.30. The van der Waals surface area contributed by atoms with E-state index >= 15 is 0 Å². The smallest absolute Gasteiger partial charge is 0.227 e. The van der Waals surface area contributed by atoms with Crippen LogP contribution in [0.1, 0.15) is 49.7 Å². The Labute approximate surface area is 124 Å². The normalized spacial score (nSPS) is 17.0. The Morgan fingerprint density at radius 3 is 2.37 bits per heavy atom. The first-order chi connectivity index (χ1) is 9.08. The number of amides is 1. The second kappa shape index (κ2) is 6.56. The fourth-order valence-electron chi connectivity index (χ4n) is 2.84. The molecule has 2 nitrogen and oxygen atoms in total. The number of hydrogen-bond acceptors (Lipinski definition) is 1. The molecule has 0 heterocycles. The van der Waals surface area contributed by atoms with Crippen molar-refractivity contribution in [1.29, 1.82) is 0 Å². The first kappa shape index (κ1) is 14.6. The van der Waals surface area contributed by atoms with E-state index in [9.17, 15) is 4.79 Å². The number of rotatable bonds is 2. The molecule has 104 valence electrons. The Bertz CT molecular complexity index is 439. The summed E-state index contributed by atoms with van der Waals surface area (Å²) in [6.07, 6.45) is 7.00. The predicted octanol–water partition coefficient (Wildman–Crippen LogP) is 4.97. The van der Waals surface area contributed by atoms with E-state index in [0.29, 0.717) is 0 Å². The standard InChI is InChI=1S/C16H22BrNO/c1-11-9-12(2)15(14(17)10-11)18-16(19)13-7-5-3-4-6-8-13/h9-10,13H,3-8H2,1-2H3,(H,18,19). The largest absolute Gasteiger partial charge is 0.325 e. The van der Waals surface area contributed by atoms with E-state index in [2.05, 4.69) is 40.3 Å². The Balaban J connectivity index is 2.10. The van der Waals surface area contributed by atoms with Gasteiger partial charge in [-0.2, -0.15) is 0 Å². The van der Waals surface area contributed by atoms with E-state index in [1.54, 1.807) is 0 Å². The van der Waals surface area contributed by atoms with Gasteiger partial charge < -0.3 is 5.32 Å². The summed E-state index contributed by atoms with van der Waals surface area (Å²) in [5, 5.41) is 3.12. The molecular weight excluding hydrogens is 302 g/mol. The van der Waals surface area contributed by atoms with Crippen molar-refractivity contribution < 1.29 is 4.79 Å². The molecule has 1 aromatic carbocycles. The van der Waals surface area contributed by atoms with Crippen molar-refractivity contribution in [1.82, 2.24) is 0 Å². The summed E-state index contributed by atoms with van der Waals surface area (Å²) in [4.78, 5) is 12.4. The van der Waals surface area contributed by atoms with E-state index in [-0.39, 0.29) is 11.8 Å². The third kappa shape index (κ3) is 3.82. The van der Waals surface area contributed by atoms with E-state index < -0.39 is 0 Å². The molecule has 1 fully saturated rings. The highest BCUT2D eigenvalue weighted by molar-refractivity contribution is 9.10. The molecule has 0 aromatic heterocycles. The minimum Gasteiger partial charge on any atom is -0.325 e. The van der Waals surface area contributed by atoms with Gasteiger partial charge in [-0.25, -0.2) is 0 Å². The van der Waals surface area contributed by atoms with Gasteiger partial charge >= 0.3 is 0 Å². The molecule has 1 aliphatic carbocycles. The maximum absolute atomic E-state index is 12.4. The second-order valence-corrected chi connectivity index (χ2v) is 6.47. The van der Waals surface area contributed by atoms with Gasteiger partial charge in [-0.1, -0.05) is 31.7 Å². The molecule has 0 radical (unpaired) electrons. The highest BCUT2D eigenvalue weighted by Gasteiger charge is 2.21. The van der Waals surface area contributed by atoms with Crippen molar-refractivity contribution in [3.63, 3.8) is 0 Å². The van der Waals surface area contributed by atoms with Gasteiger partial charge in [-0.15, -0.1) is 0 Å².